The average Bonchev–Trinajstić information content (AvgIpc) is 3.12. The zero-order valence-corrected chi connectivity index (χ0v) is 12.1. The number of aromatic nitrogens is 4. The zero-order chi connectivity index (χ0) is 13.4. The molecule has 0 aliphatic heterocycles. The first-order valence-corrected chi connectivity index (χ1v) is 6.83. The van der Waals surface area contributed by atoms with E-state index < -0.39 is 0 Å². The smallest absolute Gasteiger partial charge is 0.180 e. The molecule has 0 bridgehead atoms. The minimum absolute atomic E-state index is 0.387. The van der Waals surface area contributed by atoms with E-state index in [2.05, 4.69) is 35.4 Å². The van der Waals surface area contributed by atoms with Crippen molar-refractivity contribution in [1.29, 1.82) is 0 Å². The highest BCUT2D eigenvalue weighted by molar-refractivity contribution is 9.10. The molecule has 2 aromatic heterocycles. The third kappa shape index (κ3) is 2.35. The Morgan fingerprint density at radius 2 is 2.26 bits per heavy atom. The molecule has 3 rings (SSSR count). The summed E-state index contributed by atoms with van der Waals surface area (Å²) < 4.78 is 7.93. The van der Waals surface area contributed by atoms with Crippen molar-refractivity contribution in [2.45, 2.75) is 25.5 Å². The van der Waals surface area contributed by atoms with Crippen molar-refractivity contribution < 1.29 is 4.74 Å². The second-order valence-electron chi connectivity index (χ2n) is 4.54. The van der Waals surface area contributed by atoms with Crippen molar-refractivity contribution in [1.82, 2.24) is 19.5 Å². The quantitative estimate of drug-likeness (QED) is 0.932. The van der Waals surface area contributed by atoms with Crippen LogP contribution in [0.15, 0.2) is 17.0 Å². The van der Waals surface area contributed by atoms with Gasteiger partial charge in [-0.1, -0.05) is 0 Å². The summed E-state index contributed by atoms with van der Waals surface area (Å²) in [5, 5.41) is 0. The van der Waals surface area contributed by atoms with Gasteiger partial charge in [0.2, 0.25) is 0 Å². The van der Waals surface area contributed by atoms with Crippen LogP contribution < -0.4 is 5.73 Å². The molecular weight excluding hydrogens is 310 g/mol. The molecule has 100 valence electrons. The SMILES string of the molecule is COCc1nc(-c2cncn2C2CC2)nc(N)c1Br. The van der Waals surface area contributed by atoms with Gasteiger partial charge in [-0.15, -0.1) is 0 Å². The topological polar surface area (TPSA) is 78.9 Å². The lowest BCUT2D eigenvalue weighted by molar-refractivity contribution is 0.181. The Balaban J connectivity index is 2.06. The molecule has 0 unspecified atom stereocenters. The van der Waals surface area contributed by atoms with Crippen LogP contribution >= 0.6 is 15.9 Å². The zero-order valence-electron chi connectivity index (χ0n) is 10.5. The Hall–Kier alpha value is -1.47. The summed E-state index contributed by atoms with van der Waals surface area (Å²) in [6, 6.07) is 0.525. The van der Waals surface area contributed by atoms with Gasteiger partial charge >= 0.3 is 0 Å². The monoisotopic (exact) mass is 323 g/mol. The lowest BCUT2D eigenvalue weighted by Crippen LogP contribution is -2.06. The first kappa shape index (κ1) is 12.6. The van der Waals surface area contributed by atoms with E-state index in [1.807, 2.05) is 6.33 Å². The van der Waals surface area contributed by atoms with Gasteiger partial charge in [0.15, 0.2) is 5.82 Å². The largest absolute Gasteiger partial charge is 0.383 e. The molecule has 0 radical (unpaired) electrons. The van der Waals surface area contributed by atoms with Crippen LogP contribution in [0.5, 0.6) is 0 Å². The summed E-state index contributed by atoms with van der Waals surface area (Å²) >= 11 is 3.39. The molecule has 0 aromatic carbocycles. The summed E-state index contributed by atoms with van der Waals surface area (Å²) in [6.07, 6.45) is 5.96. The molecule has 1 saturated carbocycles. The summed E-state index contributed by atoms with van der Waals surface area (Å²) in [4.78, 5) is 13.0. The normalized spacial score (nSPS) is 14.8. The highest BCUT2D eigenvalue weighted by Crippen LogP contribution is 2.38. The van der Waals surface area contributed by atoms with E-state index in [0.29, 0.717) is 28.8 Å². The number of hydrogen-bond donors (Lipinski definition) is 1. The van der Waals surface area contributed by atoms with Gasteiger partial charge in [-0.25, -0.2) is 15.0 Å². The van der Waals surface area contributed by atoms with Gasteiger partial charge < -0.3 is 15.0 Å². The van der Waals surface area contributed by atoms with E-state index in [0.717, 1.165) is 11.4 Å². The van der Waals surface area contributed by atoms with Crippen molar-refractivity contribution in [2.24, 2.45) is 0 Å². The number of hydrogen-bond acceptors (Lipinski definition) is 5. The van der Waals surface area contributed by atoms with Crippen LogP contribution in [0.1, 0.15) is 24.6 Å². The Morgan fingerprint density at radius 3 is 2.95 bits per heavy atom. The van der Waals surface area contributed by atoms with Crippen molar-refractivity contribution in [3.63, 3.8) is 0 Å². The molecule has 0 saturated heterocycles. The molecule has 2 aromatic rings. The first-order chi connectivity index (χ1) is 9.20. The molecule has 2 heterocycles. The number of halogens is 1. The molecule has 6 nitrogen and oxygen atoms in total. The summed E-state index contributed by atoms with van der Waals surface area (Å²) in [5.41, 5.74) is 7.56. The van der Waals surface area contributed by atoms with Gasteiger partial charge in [-0.3, -0.25) is 0 Å². The second-order valence-corrected chi connectivity index (χ2v) is 5.34. The number of methoxy groups -OCH3 is 1. The third-order valence-electron chi connectivity index (χ3n) is 3.06. The van der Waals surface area contributed by atoms with E-state index >= 15 is 0 Å². The predicted molar refractivity (Wildman–Crippen MR) is 74.3 cm³/mol. The molecule has 1 aliphatic carbocycles. The lowest BCUT2D eigenvalue weighted by atomic mass is 10.3. The van der Waals surface area contributed by atoms with Crippen molar-refractivity contribution in [3.05, 3.63) is 22.7 Å². The van der Waals surface area contributed by atoms with Crippen LogP contribution in [-0.4, -0.2) is 26.6 Å². The summed E-state index contributed by atoms with van der Waals surface area (Å²) in [7, 11) is 1.62. The number of ether oxygens (including phenoxy) is 1. The fourth-order valence-corrected chi connectivity index (χ4v) is 2.27. The van der Waals surface area contributed by atoms with E-state index in [1.54, 1.807) is 13.3 Å². The van der Waals surface area contributed by atoms with Gasteiger partial charge in [0.05, 0.1) is 29.3 Å². The van der Waals surface area contributed by atoms with E-state index in [1.165, 1.54) is 12.8 Å². The van der Waals surface area contributed by atoms with Crippen LogP contribution in [0.2, 0.25) is 0 Å². The molecule has 2 N–H and O–H groups in total. The maximum atomic E-state index is 5.92. The Bertz CT molecular complexity index is 608. The van der Waals surface area contributed by atoms with Gasteiger partial charge in [0.25, 0.3) is 0 Å². The second kappa shape index (κ2) is 4.90. The molecule has 0 atom stereocenters. The van der Waals surface area contributed by atoms with Crippen LogP contribution in [-0.2, 0) is 11.3 Å². The average molecular weight is 324 g/mol. The van der Waals surface area contributed by atoms with Crippen LogP contribution in [0.3, 0.4) is 0 Å². The van der Waals surface area contributed by atoms with Gasteiger partial charge in [-0.2, -0.15) is 0 Å². The molecule has 7 heteroatoms. The van der Waals surface area contributed by atoms with Crippen molar-refractivity contribution in [2.75, 3.05) is 12.8 Å². The summed E-state index contributed by atoms with van der Waals surface area (Å²) in [5.74, 6) is 1.01. The van der Waals surface area contributed by atoms with Crippen molar-refractivity contribution >= 4 is 21.7 Å². The Kier molecular flexibility index (Phi) is 3.24. The number of nitrogens with zero attached hydrogens (tertiary/aromatic N) is 4. The standard InChI is InChI=1S/C12H14BrN5O/c1-19-5-8-10(13)11(14)17-12(16-8)9-4-15-6-18(9)7-2-3-7/h4,6-7H,2-3,5H2,1H3,(H2,14,16,17). The molecule has 0 spiro atoms. The van der Waals surface area contributed by atoms with Gasteiger partial charge in [-0.05, 0) is 28.8 Å². The molecule has 0 amide bonds. The van der Waals surface area contributed by atoms with E-state index in [9.17, 15) is 0 Å². The fraction of sp³-hybridized carbons (Fsp3) is 0.417. The molecule has 19 heavy (non-hydrogen) atoms. The highest BCUT2D eigenvalue weighted by atomic mass is 79.9. The maximum absolute atomic E-state index is 5.92. The number of rotatable bonds is 4. The van der Waals surface area contributed by atoms with Crippen LogP contribution in [0, 0.1) is 0 Å². The van der Waals surface area contributed by atoms with Gasteiger partial charge in [0, 0.05) is 13.2 Å². The molecule has 1 aliphatic rings. The molecule has 1 fully saturated rings. The van der Waals surface area contributed by atoms with Crippen molar-refractivity contribution in [3.8, 4) is 11.5 Å². The fourth-order valence-electron chi connectivity index (χ4n) is 1.98. The first-order valence-electron chi connectivity index (χ1n) is 6.03. The van der Waals surface area contributed by atoms with E-state index in [-0.39, 0.29) is 0 Å². The number of nitrogen functional groups attached to an aromatic ring is 1. The Morgan fingerprint density at radius 1 is 1.47 bits per heavy atom. The summed E-state index contributed by atoms with van der Waals surface area (Å²) in [6.45, 7) is 0.387. The minimum atomic E-state index is 0.387. The van der Waals surface area contributed by atoms with E-state index in [4.69, 9.17) is 10.5 Å². The predicted octanol–water partition coefficient (Wildman–Crippen LogP) is 2.17. The Labute approximate surface area is 119 Å². The highest BCUT2D eigenvalue weighted by Gasteiger charge is 2.26. The maximum Gasteiger partial charge on any atom is 0.180 e. The lowest BCUT2D eigenvalue weighted by Gasteiger charge is -2.10. The number of anilines is 1. The van der Waals surface area contributed by atoms with Gasteiger partial charge in [0.1, 0.15) is 11.5 Å². The van der Waals surface area contributed by atoms with Crippen LogP contribution in [0.25, 0.3) is 11.5 Å². The minimum Gasteiger partial charge on any atom is -0.383 e. The number of nitrogens with two attached hydrogens (primary N) is 1. The number of imidazole rings is 1. The third-order valence-corrected chi connectivity index (χ3v) is 3.93. The van der Waals surface area contributed by atoms with Crippen LogP contribution in [0.4, 0.5) is 5.82 Å². The molecular formula is C12H14BrN5O.